The molecule has 3 rings (SSSR count). The standard InChI is InChI=1S/C20H23N5O3S/c1-4-25(5-2)29(27,28)17-8-6-15(3)18(12-17)20(26)23-16-7-9-19(22-13-16)24-11-10-21-14-24/h6-14H,4-5H2,1-3H3,(H,23,26). The molecule has 0 saturated carbocycles. The largest absolute Gasteiger partial charge is 0.321 e. The Labute approximate surface area is 170 Å². The molecule has 1 aromatic carbocycles. The molecular formula is C20H23N5O3S. The van der Waals surface area contributed by atoms with Gasteiger partial charge in [-0.05, 0) is 36.8 Å². The third kappa shape index (κ3) is 4.36. The molecule has 0 aliphatic carbocycles. The number of carbonyl (C=O) groups excluding carboxylic acids is 1. The number of nitrogens with one attached hydrogen (secondary N) is 1. The highest BCUT2D eigenvalue weighted by atomic mass is 32.2. The van der Waals surface area contributed by atoms with Crippen LogP contribution in [0.2, 0.25) is 0 Å². The van der Waals surface area contributed by atoms with Crippen LogP contribution in [0.15, 0.2) is 60.1 Å². The van der Waals surface area contributed by atoms with Crippen molar-refractivity contribution in [2.75, 3.05) is 18.4 Å². The van der Waals surface area contributed by atoms with E-state index in [1.54, 1.807) is 68.5 Å². The van der Waals surface area contributed by atoms with E-state index < -0.39 is 15.9 Å². The van der Waals surface area contributed by atoms with Gasteiger partial charge in [-0.25, -0.2) is 18.4 Å². The van der Waals surface area contributed by atoms with E-state index in [1.807, 2.05) is 0 Å². The van der Waals surface area contributed by atoms with Gasteiger partial charge in [0, 0.05) is 31.0 Å². The second-order valence-electron chi connectivity index (χ2n) is 6.40. The van der Waals surface area contributed by atoms with Gasteiger partial charge in [0.15, 0.2) is 0 Å². The molecule has 0 bridgehead atoms. The predicted molar refractivity (Wildman–Crippen MR) is 111 cm³/mol. The van der Waals surface area contributed by atoms with E-state index in [4.69, 9.17) is 0 Å². The molecule has 1 N–H and O–H groups in total. The first-order valence-electron chi connectivity index (χ1n) is 9.23. The van der Waals surface area contributed by atoms with Crippen molar-refractivity contribution in [2.45, 2.75) is 25.7 Å². The molecule has 0 unspecified atom stereocenters. The summed E-state index contributed by atoms with van der Waals surface area (Å²) in [4.78, 5) is 21.1. The molecule has 0 fully saturated rings. The number of nitrogens with zero attached hydrogens (tertiary/aromatic N) is 4. The smallest absolute Gasteiger partial charge is 0.256 e. The summed E-state index contributed by atoms with van der Waals surface area (Å²) >= 11 is 0. The van der Waals surface area contributed by atoms with Gasteiger partial charge < -0.3 is 5.32 Å². The minimum Gasteiger partial charge on any atom is -0.321 e. The molecule has 8 nitrogen and oxygen atoms in total. The summed E-state index contributed by atoms with van der Waals surface area (Å²) in [7, 11) is -3.65. The summed E-state index contributed by atoms with van der Waals surface area (Å²) in [6, 6.07) is 8.08. The Balaban J connectivity index is 1.84. The van der Waals surface area contributed by atoms with Crippen LogP contribution < -0.4 is 5.32 Å². The van der Waals surface area contributed by atoms with E-state index in [9.17, 15) is 13.2 Å². The third-order valence-corrected chi connectivity index (χ3v) is 6.62. The number of sulfonamides is 1. The zero-order chi connectivity index (χ0) is 21.0. The molecule has 9 heteroatoms. The predicted octanol–water partition coefficient (Wildman–Crippen LogP) is 2.86. The van der Waals surface area contributed by atoms with Crippen LogP contribution >= 0.6 is 0 Å². The fraction of sp³-hybridized carbons (Fsp3) is 0.250. The Kier molecular flexibility index (Phi) is 6.09. The summed E-state index contributed by atoms with van der Waals surface area (Å²) < 4.78 is 28.6. The van der Waals surface area contributed by atoms with Crippen LogP contribution in [0.4, 0.5) is 5.69 Å². The summed E-state index contributed by atoms with van der Waals surface area (Å²) in [5.74, 6) is 0.278. The van der Waals surface area contributed by atoms with Crippen molar-refractivity contribution in [1.82, 2.24) is 18.8 Å². The highest BCUT2D eigenvalue weighted by Crippen LogP contribution is 2.21. The number of anilines is 1. The molecule has 0 aliphatic rings. The van der Waals surface area contributed by atoms with E-state index in [1.165, 1.54) is 16.4 Å². The zero-order valence-corrected chi connectivity index (χ0v) is 17.3. The molecule has 2 aromatic heterocycles. The Bertz CT molecular complexity index is 1090. The van der Waals surface area contributed by atoms with Crippen molar-refractivity contribution in [3.05, 3.63) is 66.4 Å². The average molecular weight is 414 g/mol. The second kappa shape index (κ2) is 8.54. The van der Waals surface area contributed by atoms with Gasteiger partial charge in [0.05, 0.1) is 16.8 Å². The van der Waals surface area contributed by atoms with Crippen molar-refractivity contribution in [3.8, 4) is 5.82 Å². The summed E-state index contributed by atoms with van der Waals surface area (Å²) in [6.07, 6.45) is 6.59. The van der Waals surface area contributed by atoms with Crippen LogP contribution in [-0.4, -0.2) is 46.3 Å². The normalized spacial score (nSPS) is 11.6. The van der Waals surface area contributed by atoms with Crippen LogP contribution in [0.25, 0.3) is 5.82 Å². The van der Waals surface area contributed by atoms with Crippen molar-refractivity contribution in [1.29, 1.82) is 0 Å². The Morgan fingerprint density at radius 3 is 2.52 bits per heavy atom. The topological polar surface area (TPSA) is 97.2 Å². The minimum atomic E-state index is -3.65. The molecule has 0 radical (unpaired) electrons. The van der Waals surface area contributed by atoms with Gasteiger partial charge in [-0.3, -0.25) is 9.36 Å². The molecule has 29 heavy (non-hydrogen) atoms. The van der Waals surface area contributed by atoms with Crippen LogP contribution in [0.5, 0.6) is 0 Å². The SMILES string of the molecule is CCN(CC)S(=O)(=O)c1ccc(C)c(C(=O)Nc2ccc(-n3ccnc3)nc2)c1. The maximum atomic E-state index is 12.8. The van der Waals surface area contributed by atoms with Gasteiger partial charge in [0.2, 0.25) is 10.0 Å². The van der Waals surface area contributed by atoms with Crippen molar-refractivity contribution in [2.24, 2.45) is 0 Å². The van der Waals surface area contributed by atoms with Crippen LogP contribution in [-0.2, 0) is 10.0 Å². The average Bonchev–Trinajstić information content (AvgIpc) is 3.24. The number of hydrogen-bond acceptors (Lipinski definition) is 5. The minimum absolute atomic E-state index is 0.102. The first-order chi connectivity index (χ1) is 13.9. The van der Waals surface area contributed by atoms with E-state index in [0.717, 1.165) is 0 Å². The molecule has 1 amide bonds. The van der Waals surface area contributed by atoms with Crippen LogP contribution in [0.3, 0.4) is 0 Å². The fourth-order valence-electron chi connectivity index (χ4n) is 2.92. The lowest BCUT2D eigenvalue weighted by atomic mass is 10.1. The number of aryl methyl sites for hydroxylation is 1. The van der Waals surface area contributed by atoms with Gasteiger partial charge in [0.1, 0.15) is 12.1 Å². The number of hydrogen-bond donors (Lipinski definition) is 1. The first kappa shape index (κ1) is 20.7. The lowest BCUT2D eigenvalue weighted by molar-refractivity contribution is 0.102. The molecule has 0 saturated heterocycles. The quantitative estimate of drug-likeness (QED) is 0.642. The van der Waals surface area contributed by atoms with Crippen LogP contribution in [0, 0.1) is 6.92 Å². The Morgan fingerprint density at radius 2 is 1.93 bits per heavy atom. The highest BCUT2D eigenvalue weighted by molar-refractivity contribution is 7.89. The van der Waals surface area contributed by atoms with Gasteiger partial charge in [-0.2, -0.15) is 4.31 Å². The number of pyridine rings is 1. The molecule has 3 aromatic rings. The summed E-state index contributed by atoms with van der Waals surface area (Å²) in [5, 5.41) is 2.77. The first-order valence-corrected chi connectivity index (χ1v) is 10.7. The summed E-state index contributed by atoms with van der Waals surface area (Å²) in [5.41, 5.74) is 1.50. The molecule has 0 spiro atoms. The molecule has 0 atom stereocenters. The van der Waals surface area contributed by atoms with E-state index in [0.29, 0.717) is 35.7 Å². The number of carbonyl (C=O) groups is 1. The molecular weight excluding hydrogens is 390 g/mol. The number of imidazole rings is 1. The second-order valence-corrected chi connectivity index (χ2v) is 8.33. The molecule has 0 aliphatic heterocycles. The third-order valence-electron chi connectivity index (χ3n) is 4.57. The monoisotopic (exact) mass is 413 g/mol. The maximum absolute atomic E-state index is 12.8. The number of aromatic nitrogens is 3. The van der Waals surface area contributed by atoms with Crippen molar-refractivity contribution in [3.63, 3.8) is 0 Å². The van der Waals surface area contributed by atoms with Crippen molar-refractivity contribution < 1.29 is 13.2 Å². The lowest BCUT2D eigenvalue weighted by Crippen LogP contribution is -2.30. The Hall–Kier alpha value is -3.04. The van der Waals surface area contributed by atoms with Gasteiger partial charge in [0.25, 0.3) is 5.91 Å². The maximum Gasteiger partial charge on any atom is 0.256 e. The van der Waals surface area contributed by atoms with Gasteiger partial charge in [-0.1, -0.05) is 19.9 Å². The molecule has 152 valence electrons. The van der Waals surface area contributed by atoms with E-state index in [-0.39, 0.29) is 4.90 Å². The Morgan fingerprint density at radius 1 is 1.17 bits per heavy atom. The summed E-state index contributed by atoms with van der Waals surface area (Å²) in [6.45, 7) is 6.06. The van der Waals surface area contributed by atoms with Gasteiger partial charge in [-0.15, -0.1) is 0 Å². The molecule has 2 heterocycles. The van der Waals surface area contributed by atoms with Crippen molar-refractivity contribution >= 4 is 21.6 Å². The number of rotatable bonds is 7. The highest BCUT2D eigenvalue weighted by Gasteiger charge is 2.23. The van der Waals surface area contributed by atoms with E-state index >= 15 is 0 Å². The van der Waals surface area contributed by atoms with Gasteiger partial charge >= 0.3 is 0 Å². The number of benzene rings is 1. The number of amides is 1. The van der Waals surface area contributed by atoms with Crippen LogP contribution in [0.1, 0.15) is 29.8 Å². The lowest BCUT2D eigenvalue weighted by Gasteiger charge is -2.19. The zero-order valence-electron chi connectivity index (χ0n) is 16.5. The fourth-order valence-corrected chi connectivity index (χ4v) is 4.41. The van der Waals surface area contributed by atoms with E-state index in [2.05, 4.69) is 15.3 Å².